The van der Waals surface area contributed by atoms with Crippen LogP contribution in [0.15, 0.2) is 78.9 Å². The summed E-state index contributed by atoms with van der Waals surface area (Å²) in [6.45, 7) is 0.604. The summed E-state index contributed by atoms with van der Waals surface area (Å²) in [7, 11) is 0. The summed E-state index contributed by atoms with van der Waals surface area (Å²) in [5.41, 5.74) is 3.65. The van der Waals surface area contributed by atoms with Gasteiger partial charge in [0.05, 0.1) is 0 Å². The van der Waals surface area contributed by atoms with Gasteiger partial charge in [-0.05, 0) is 41.3 Å². The van der Waals surface area contributed by atoms with Crippen molar-refractivity contribution in [3.05, 3.63) is 102 Å². The minimum absolute atomic E-state index is 0.604. The van der Waals surface area contributed by atoms with E-state index in [-0.39, 0.29) is 0 Å². The maximum atomic E-state index is 5.79. The minimum atomic E-state index is 0.604. The number of hydrogen-bond acceptors (Lipinski definition) is 1. The zero-order valence-electron chi connectivity index (χ0n) is 11.8. The molecule has 3 rings (SSSR count). The number of rotatable bonds is 5. The molecule has 0 aliphatic carbocycles. The first kappa shape index (κ1) is 13.4. The van der Waals surface area contributed by atoms with Gasteiger partial charge in [-0.15, -0.1) is 0 Å². The van der Waals surface area contributed by atoms with Crippen LogP contribution in [-0.2, 0) is 13.0 Å². The Kier molecular flexibility index (Phi) is 4.33. The van der Waals surface area contributed by atoms with Gasteiger partial charge in [0.15, 0.2) is 0 Å². The molecule has 0 atom stereocenters. The molecular formula is C20H17O. The SMILES string of the molecule is [c]1ccccc1Cc1ccc(OCc2ccccc2)cc1. The van der Waals surface area contributed by atoms with Crippen LogP contribution in [0.3, 0.4) is 0 Å². The maximum Gasteiger partial charge on any atom is 0.119 e. The smallest absolute Gasteiger partial charge is 0.119 e. The van der Waals surface area contributed by atoms with E-state index in [1.54, 1.807) is 0 Å². The fourth-order valence-corrected chi connectivity index (χ4v) is 2.20. The van der Waals surface area contributed by atoms with Crippen LogP contribution in [0.1, 0.15) is 16.7 Å². The molecule has 0 aromatic heterocycles. The van der Waals surface area contributed by atoms with E-state index in [1.165, 1.54) is 16.7 Å². The molecule has 0 saturated carbocycles. The van der Waals surface area contributed by atoms with Crippen LogP contribution in [0.4, 0.5) is 0 Å². The Hall–Kier alpha value is -2.54. The van der Waals surface area contributed by atoms with Crippen LogP contribution in [-0.4, -0.2) is 0 Å². The molecule has 0 aliphatic rings. The lowest BCUT2D eigenvalue weighted by molar-refractivity contribution is 0.306. The third-order valence-corrected chi connectivity index (χ3v) is 3.34. The van der Waals surface area contributed by atoms with Crippen LogP contribution in [0.5, 0.6) is 5.75 Å². The molecule has 0 heterocycles. The predicted molar refractivity (Wildman–Crippen MR) is 85.3 cm³/mol. The van der Waals surface area contributed by atoms with E-state index in [2.05, 4.69) is 36.4 Å². The highest BCUT2D eigenvalue weighted by atomic mass is 16.5. The highest BCUT2D eigenvalue weighted by Crippen LogP contribution is 2.16. The van der Waals surface area contributed by atoms with Crippen LogP contribution in [0.2, 0.25) is 0 Å². The van der Waals surface area contributed by atoms with Crippen LogP contribution in [0.25, 0.3) is 0 Å². The van der Waals surface area contributed by atoms with Crippen LogP contribution in [0, 0.1) is 6.07 Å². The molecule has 3 aromatic rings. The molecule has 103 valence electrons. The van der Waals surface area contributed by atoms with E-state index in [4.69, 9.17) is 4.74 Å². The zero-order chi connectivity index (χ0) is 14.3. The van der Waals surface area contributed by atoms with E-state index < -0.39 is 0 Å². The summed E-state index contributed by atoms with van der Waals surface area (Å²) in [6.07, 6.45) is 0.903. The van der Waals surface area contributed by atoms with E-state index in [9.17, 15) is 0 Å². The van der Waals surface area contributed by atoms with Gasteiger partial charge in [0.2, 0.25) is 0 Å². The molecule has 1 heteroatoms. The van der Waals surface area contributed by atoms with Crippen molar-refractivity contribution in [1.29, 1.82) is 0 Å². The summed E-state index contributed by atoms with van der Waals surface area (Å²) in [6, 6.07) is 29.8. The van der Waals surface area contributed by atoms with E-state index in [1.807, 2.05) is 48.5 Å². The highest BCUT2D eigenvalue weighted by Gasteiger charge is 1.98. The first-order valence-corrected chi connectivity index (χ1v) is 7.11. The van der Waals surface area contributed by atoms with Crippen molar-refractivity contribution in [2.45, 2.75) is 13.0 Å². The number of hydrogen-bond donors (Lipinski definition) is 0. The lowest BCUT2D eigenvalue weighted by Crippen LogP contribution is -1.95. The molecule has 0 aliphatic heterocycles. The minimum Gasteiger partial charge on any atom is -0.489 e. The average molecular weight is 273 g/mol. The number of ether oxygens (including phenoxy) is 1. The maximum absolute atomic E-state index is 5.79. The summed E-state index contributed by atoms with van der Waals surface area (Å²) >= 11 is 0. The van der Waals surface area contributed by atoms with Gasteiger partial charge in [0, 0.05) is 0 Å². The molecule has 0 fully saturated rings. The average Bonchev–Trinajstić information content (AvgIpc) is 2.56. The Labute approximate surface area is 125 Å². The van der Waals surface area contributed by atoms with Crippen molar-refractivity contribution >= 4 is 0 Å². The second-order valence-electron chi connectivity index (χ2n) is 4.98. The predicted octanol–water partition coefficient (Wildman–Crippen LogP) is 4.66. The summed E-state index contributed by atoms with van der Waals surface area (Å²) < 4.78 is 5.79. The molecule has 21 heavy (non-hydrogen) atoms. The first-order chi connectivity index (χ1) is 10.4. The van der Waals surface area contributed by atoms with Gasteiger partial charge in [-0.2, -0.15) is 0 Å². The normalized spacial score (nSPS) is 10.3. The van der Waals surface area contributed by atoms with E-state index >= 15 is 0 Å². The Balaban J connectivity index is 1.59. The van der Waals surface area contributed by atoms with Crippen molar-refractivity contribution < 1.29 is 4.74 Å². The van der Waals surface area contributed by atoms with Crippen molar-refractivity contribution in [1.82, 2.24) is 0 Å². The van der Waals surface area contributed by atoms with Gasteiger partial charge in [0.25, 0.3) is 0 Å². The molecule has 0 N–H and O–H groups in total. The first-order valence-electron chi connectivity index (χ1n) is 7.11. The Morgan fingerprint density at radius 1 is 0.714 bits per heavy atom. The molecule has 0 saturated heterocycles. The number of benzene rings is 3. The fraction of sp³-hybridized carbons (Fsp3) is 0.100. The topological polar surface area (TPSA) is 9.23 Å². The van der Waals surface area contributed by atoms with E-state index in [0.717, 1.165) is 12.2 Å². The second-order valence-corrected chi connectivity index (χ2v) is 4.98. The van der Waals surface area contributed by atoms with Crippen molar-refractivity contribution in [2.24, 2.45) is 0 Å². The lowest BCUT2D eigenvalue weighted by atomic mass is 10.1. The lowest BCUT2D eigenvalue weighted by Gasteiger charge is -2.07. The molecule has 0 amide bonds. The van der Waals surface area contributed by atoms with Crippen molar-refractivity contribution in [2.75, 3.05) is 0 Å². The zero-order valence-corrected chi connectivity index (χ0v) is 11.8. The Bertz CT molecular complexity index is 657. The third-order valence-electron chi connectivity index (χ3n) is 3.34. The monoisotopic (exact) mass is 273 g/mol. The quantitative estimate of drug-likeness (QED) is 0.657. The van der Waals surface area contributed by atoms with Gasteiger partial charge >= 0.3 is 0 Å². The summed E-state index contributed by atoms with van der Waals surface area (Å²) in [4.78, 5) is 0. The Morgan fingerprint density at radius 3 is 2.19 bits per heavy atom. The standard InChI is InChI=1S/C20H17O/c1-3-7-17(8-4-1)15-18-11-13-20(14-12-18)21-16-19-9-5-2-6-10-19/h1-7,9-14H,15-16H2. The van der Waals surface area contributed by atoms with Gasteiger partial charge in [-0.1, -0.05) is 66.7 Å². The second kappa shape index (κ2) is 6.76. The van der Waals surface area contributed by atoms with Crippen molar-refractivity contribution in [3.8, 4) is 5.75 Å². The van der Waals surface area contributed by atoms with Gasteiger partial charge in [-0.25, -0.2) is 0 Å². The molecule has 1 nitrogen and oxygen atoms in total. The van der Waals surface area contributed by atoms with Crippen LogP contribution < -0.4 is 4.74 Å². The van der Waals surface area contributed by atoms with Crippen molar-refractivity contribution in [3.63, 3.8) is 0 Å². The molecule has 0 unspecified atom stereocenters. The van der Waals surface area contributed by atoms with Crippen LogP contribution >= 0.6 is 0 Å². The molecule has 0 bridgehead atoms. The summed E-state index contributed by atoms with van der Waals surface area (Å²) in [5.74, 6) is 0.902. The van der Waals surface area contributed by atoms with E-state index in [0.29, 0.717) is 6.61 Å². The highest BCUT2D eigenvalue weighted by molar-refractivity contribution is 5.31. The van der Waals surface area contributed by atoms with Gasteiger partial charge in [-0.3, -0.25) is 0 Å². The fourth-order valence-electron chi connectivity index (χ4n) is 2.20. The molecule has 3 aromatic carbocycles. The molecule has 0 spiro atoms. The van der Waals surface area contributed by atoms with Gasteiger partial charge in [0.1, 0.15) is 12.4 Å². The molecular weight excluding hydrogens is 256 g/mol. The Morgan fingerprint density at radius 2 is 1.48 bits per heavy atom. The third kappa shape index (κ3) is 3.96. The molecule has 1 radical (unpaired) electrons. The summed E-state index contributed by atoms with van der Waals surface area (Å²) in [5, 5.41) is 0. The largest absolute Gasteiger partial charge is 0.489 e. The van der Waals surface area contributed by atoms with Gasteiger partial charge < -0.3 is 4.74 Å².